The van der Waals surface area contributed by atoms with Crippen molar-refractivity contribution in [3.63, 3.8) is 0 Å². The Morgan fingerprint density at radius 1 is 1.42 bits per heavy atom. The highest BCUT2D eigenvalue weighted by atomic mass is 32.1. The number of carbonyl (C=O) groups is 1. The highest BCUT2D eigenvalue weighted by molar-refractivity contribution is 7.14. The molecule has 19 heavy (non-hydrogen) atoms. The number of carbonyl (C=O) groups excluding carboxylic acids is 1. The van der Waals surface area contributed by atoms with Crippen molar-refractivity contribution in [3.05, 3.63) is 21.4 Å². The third kappa shape index (κ3) is 3.39. The molecular formula is C16H21NOS. The average Bonchev–Trinajstić information content (AvgIpc) is 2.69. The SMILES string of the molecule is C#CCN(CCC)C(=O)c1cc2c(s1)CCCCC2. The van der Waals surface area contributed by atoms with Crippen molar-refractivity contribution in [1.29, 1.82) is 0 Å². The lowest BCUT2D eigenvalue weighted by Crippen LogP contribution is -2.31. The normalized spacial score (nSPS) is 14.3. The van der Waals surface area contributed by atoms with Crippen LogP contribution in [0.2, 0.25) is 0 Å². The summed E-state index contributed by atoms with van der Waals surface area (Å²) in [6.07, 6.45) is 12.4. The minimum atomic E-state index is 0.109. The van der Waals surface area contributed by atoms with E-state index < -0.39 is 0 Å². The van der Waals surface area contributed by atoms with Crippen molar-refractivity contribution in [1.82, 2.24) is 4.90 Å². The third-order valence-corrected chi connectivity index (χ3v) is 4.75. The van der Waals surface area contributed by atoms with Crippen molar-refractivity contribution < 1.29 is 4.79 Å². The van der Waals surface area contributed by atoms with Crippen LogP contribution >= 0.6 is 11.3 Å². The van der Waals surface area contributed by atoms with Gasteiger partial charge in [-0.3, -0.25) is 4.79 Å². The summed E-state index contributed by atoms with van der Waals surface area (Å²) in [5.41, 5.74) is 1.39. The maximum atomic E-state index is 12.5. The van der Waals surface area contributed by atoms with Gasteiger partial charge in [-0.15, -0.1) is 17.8 Å². The van der Waals surface area contributed by atoms with Gasteiger partial charge in [0.25, 0.3) is 5.91 Å². The number of amides is 1. The van der Waals surface area contributed by atoms with Gasteiger partial charge in [-0.1, -0.05) is 19.3 Å². The Hall–Kier alpha value is -1.27. The maximum Gasteiger partial charge on any atom is 0.264 e. The fourth-order valence-electron chi connectivity index (χ4n) is 2.56. The van der Waals surface area contributed by atoms with E-state index in [-0.39, 0.29) is 5.91 Å². The number of thiophene rings is 1. The topological polar surface area (TPSA) is 20.3 Å². The lowest BCUT2D eigenvalue weighted by Gasteiger charge is -2.18. The monoisotopic (exact) mass is 275 g/mol. The fraction of sp³-hybridized carbons (Fsp3) is 0.562. The zero-order valence-electron chi connectivity index (χ0n) is 11.6. The molecule has 0 fully saturated rings. The van der Waals surface area contributed by atoms with Crippen LogP contribution in [0.3, 0.4) is 0 Å². The van der Waals surface area contributed by atoms with Crippen LogP contribution in [0.1, 0.15) is 52.7 Å². The van der Waals surface area contributed by atoms with Crippen molar-refractivity contribution in [2.24, 2.45) is 0 Å². The zero-order chi connectivity index (χ0) is 13.7. The van der Waals surface area contributed by atoms with E-state index in [1.165, 1.54) is 29.7 Å². The minimum Gasteiger partial charge on any atom is -0.327 e. The van der Waals surface area contributed by atoms with E-state index >= 15 is 0 Å². The van der Waals surface area contributed by atoms with E-state index in [4.69, 9.17) is 6.42 Å². The van der Waals surface area contributed by atoms with E-state index in [0.717, 1.165) is 30.7 Å². The summed E-state index contributed by atoms with van der Waals surface area (Å²) in [6.45, 7) is 3.22. The summed E-state index contributed by atoms with van der Waals surface area (Å²) in [4.78, 5) is 16.5. The largest absolute Gasteiger partial charge is 0.327 e. The first-order chi connectivity index (χ1) is 9.26. The molecule has 0 N–H and O–H groups in total. The molecule has 3 heteroatoms. The van der Waals surface area contributed by atoms with E-state index in [9.17, 15) is 4.79 Å². The molecule has 0 saturated heterocycles. The smallest absolute Gasteiger partial charge is 0.264 e. The predicted molar refractivity (Wildman–Crippen MR) is 80.6 cm³/mol. The van der Waals surface area contributed by atoms with Gasteiger partial charge >= 0.3 is 0 Å². The molecule has 2 nitrogen and oxygen atoms in total. The van der Waals surface area contributed by atoms with Gasteiger partial charge in [0.2, 0.25) is 0 Å². The Balaban J connectivity index is 2.16. The second-order valence-electron chi connectivity index (χ2n) is 5.05. The van der Waals surface area contributed by atoms with E-state index in [1.807, 2.05) is 0 Å². The lowest BCUT2D eigenvalue weighted by atomic mass is 10.1. The molecule has 2 rings (SSSR count). The fourth-order valence-corrected chi connectivity index (χ4v) is 3.78. The Morgan fingerprint density at radius 2 is 2.21 bits per heavy atom. The van der Waals surface area contributed by atoms with Crippen molar-refractivity contribution in [2.75, 3.05) is 13.1 Å². The third-order valence-electron chi connectivity index (χ3n) is 3.52. The Labute approximate surface area is 119 Å². The molecule has 0 bridgehead atoms. The van der Waals surface area contributed by atoms with Gasteiger partial charge < -0.3 is 4.90 Å². The second-order valence-corrected chi connectivity index (χ2v) is 6.19. The summed E-state index contributed by atoms with van der Waals surface area (Å²) >= 11 is 1.68. The summed E-state index contributed by atoms with van der Waals surface area (Å²) in [7, 11) is 0. The van der Waals surface area contributed by atoms with Gasteiger partial charge in [-0.05, 0) is 43.7 Å². The molecule has 1 heterocycles. The minimum absolute atomic E-state index is 0.109. The van der Waals surface area contributed by atoms with Crippen molar-refractivity contribution >= 4 is 17.2 Å². The molecule has 1 aliphatic rings. The number of nitrogens with zero attached hydrogens (tertiary/aromatic N) is 1. The molecule has 0 aromatic carbocycles. The zero-order valence-corrected chi connectivity index (χ0v) is 12.4. The van der Waals surface area contributed by atoms with E-state index in [1.54, 1.807) is 16.2 Å². The highest BCUT2D eigenvalue weighted by Gasteiger charge is 2.20. The molecule has 0 spiro atoms. The predicted octanol–water partition coefficient (Wildman–Crippen LogP) is 3.50. The number of aryl methyl sites for hydroxylation is 2. The Kier molecular flexibility index (Phi) is 5.04. The quantitative estimate of drug-likeness (QED) is 0.608. The first-order valence-electron chi connectivity index (χ1n) is 7.10. The van der Waals surface area contributed by atoms with Gasteiger partial charge in [0, 0.05) is 11.4 Å². The van der Waals surface area contributed by atoms with Crippen LogP contribution in [0.5, 0.6) is 0 Å². The first-order valence-corrected chi connectivity index (χ1v) is 7.92. The number of fused-ring (bicyclic) bond motifs is 1. The molecule has 1 aromatic heterocycles. The van der Waals surface area contributed by atoms with Gasteiger partial charge in [-0.25, -0.2) is 0 Å². The van der Waals surface area contributed by atoms with Crippen LogP contribution in [0.25, 0.3) is 0 Å². The number of hydrogen-bond acceptors (Lipinski definition) is 2. The molecule has 0 unspecified atom stereocenters. The van der Waals surface area contributed by atoms with E-state index in [2.05, 4.69) is 18.9 Å². The molecule has 0 aliphatic heterocycles. The van der Waals surface area contributed by atoms with Crippen LogP contribution in [0.4, 0.5) is 0 Å². The van der Waals surface area contributed by atoms with Gasteiger partial charge in [0.1, 0.15) is 0 Å². The van der Waals surface area contributed by atoms with Crippen LogP contribution in [-0.4, -0.2) is 23.9 Å². The van der Waals surface area contributed by atoms with Crippen LogP contribution in [0, 0.1) is 12.3 Å². The summed E-state index contributed by atoms with van der Waals surface area (Å²) in [5, 5.41) is 0. The number of terminal acetylenes is 1. The van der Waals surface area contributed by atoms with E-state index in [0.29, 0.717) is 6.54 Å². The van der Waals surface area contributed by atoms with Gasteiger partial charge in [0.05, 0.1) is 11.4 Å². The van der Waals surface area contributed by atoms with Gasteiger partial charge in [0.15, 0.2) is 0 Å². The summed E-state index contributed by atoms with van der Waals surface area (Å²) in [6, 6.07) is 2.10. The van der Waals surface area contributed by atoms with Crippen LogP contribution in [-0.2, 0) is 12.8 Å². The molecule has 0 saturated carbocycles. The first kappa shape index (κ1) is 14.1. The Bertz CT molecular complexity index is 460. The standard InChI is InChI=1S/C16H21NOS/c1-3-10-17(11-4-2)16(18)15-12-13-8-6-5-7-9-14(13)19-15/h1,12H,4-11H2,2H3. The lowest BCUT2D eigenvalue weighted by molar-refractivity contribution is 0.0781. The highest BCUT2D eigenvalue weighted by Crippen LogP contribution is 2.29. The molecule has 0 atom stereocenters. The molecule has 102 valence electrons. The van der Waals surface area contributed by atoms with Crippen molar-refractivity contribution in [3.8, 4) is 12.3 Å². The van der Waals surface area contributed by atoms with Gasteiger partial charge in [-0.2, -0.15) is 0 Å². The second kappa shape index (κ2) is 6.77. The number of rotatable bonds is 4. The van der Waals surface area contributed by atoms with Crippen LogP contribution in [0.15, 0.2) is 6.07 Å². The maximum absolute atomic E-state index is 12.5. The Morgan fingerprint density at radius 3 is 2.95 bits per heavy atom. The summed E-state index contributed by atoms with van der Waals surface area (Å²) < 4.78 is 0. The molecule has 1 aromatic rings. The average molecular weight is 275 g/mol. The molecule has 1 amide bonds. The number of hydrogen-bond donors (Lipinski definition) is 0. The van der Waals surface area contributed by atoms with Crippen LogP contribution < -0.4 is 0 Å². The summed E-state index contributed by atoms with van der Waals surface area (Å²) in [5.74, 6) is 2.69. The molecule has 1 aliphatic carbocycles. The molecule has 0 radical (unpaired) electrons. The molecular weight excluding hydrogens is 254 g/mol. The van der Waals surface area contributed by atoms with Crippen molar-refractivity contribution in [2.45, 2.75) is 45.4 Å².